The number of hydrogen-bond acceptors (Lipinski definition) is 4. The average Bonchev–Trinajstić information content (AvgIpc) is 3.26. The van der Waals surface area contributed by atoms with Gasteiger partial charge in [-0.1, -0.05) is 79.7 Å². The number of sulfone groups is 1. The fourth-order valence-corrected chi connectivity index (χ4v) is 5.71. The predicted molar refractivity (Wildman–Crippen MR) is 141 cm³/mol. The number of carbonyl (C=O) groups excluding carboxylic acids is 1. The van der Waals surface area contributed by atoms with Crippen LogP contribution in [-0.2, 0) is 22.8 Å². The molecule has 1 heterocycles. The third kappa shape index (κ3) is 4.29. The number of benzene rings is 4. The summed E-state index contributed by atoms with van der Waals surface area (Å²) in [7, 11) is -3.86. The van der Waals surface area contributed by atoms with Crippen molar-refractivity contribution in [2.75, 3.05) is 0 Å². The van der Waals surface area contributed by atoms with Gasteiger partial charge < -0.3 is 10.3 Å². The molecule has 5 aromatic rings. The van der Waals surface area contributed by atoms with E-state index in [-0.39, 0.29) is 15.4 Å². The Morgan fingerprint density at radius 2 is 1.44 bits per heavy atom. The molecule has 6 nitrogen and oxygen atoms in total. The van der Waals surface area contributed by atoms with Crippen molar-refractivity contribution in [1.82, 2.24) is 9.55 Å². The number of primary amides is 1. The lowest BCUT2D eigenvalue weighted by atomic mass is 10.0. The van der Waals surface area contributed by atoms with Crippen molar-refractivity contribution in [3.63, 3.8) is 0 Å². The van der Waals surface area contributed by atoms with Gasteiger partial charge in [0.25, 0.3) is 5.91 Å². The molecule has 0 aliphatic heterocycles. The maximum atomic E-state index is 13.4. The number of amides is 1. The number of fused-ring (bicyclic) bond motifs is 1. The van der Waals surface area contributed by atoms with Crippen molar-refractivity contribution in [3.05, 3.63) is 114 Å². The van der Waals surface area contributed by atoms with Crippen LogP contribution in [0.25, 0.3) is 22.2 Å². The smallest absolute Gasteiger partial charge is 0.251 e. The number of hydrogen-bond donors (Lipinski definition) is 1. The molecule has 2 N–H and O–H groups in total. The van der Waals surface area contributed by atoms with Crippen LogP contribution in [0.4, 0.5) is 0 Å². The lowest BCUT2D eigenvalue weighted by Crippen LogP contribution is -2.13. The van der Waals surface area contributed by atoms with E-state index >= 15 is 0 Å². The molecule has 180 valence electrons. The van der Waals surface area contributed by atoms with Crippen LogP contribution < -0.4 is 5.73 Å². The number of aryl methyl sites for hydroxylation is 1. The zero-order chi connectivity index (χ0) is 25.3. The molecule has 0 saturated carbocycles. The van der Waals surface area contributed by atoms with Gasteiger partial charge in [0, 0.05) is 13.0 Å². The molecule has 0 atom stereocenters. The Bertz CT molecular complexity index is 1660. The fraction of sp³-hybridized carbons (Fsp3) is 0.103. The van der Waals surface area contributed by atoms with Gasteiger partial charge in [-0.05, 0) is 41.0 Å². The molecule has 7 heteroatoms. The van der Waals surface area contributed by atoms with Crippen molar-refractivity contribution in [1.29, 1.82) is 0 Å². The van der Waals surface area contributed by atoms with E-state index in [0.29, 0.717) is 24.0 Å². The minimum absolute atomic E-state index is 0.0122. The van der Waals surface area contributed by atoms with Gasteiger partial charge in [0.2, 0.25) is 9.84 Å². The van der Waals surface area contributed by atoms with Crippen LogP contribution in [0.5, 0.6) is 0 Å². The standard InChI is InChI=1S/C29H25N3O3S/c1-2-27-31-28-25(29(30)33)17-24(36(34,35)23-11-7-4-8-12-23)18-26(28)32(27)19-20-13-15-22(16-14-20)21-9-5-3-6-10-21/h3-18H,2,19H2,1H3,(H2,30,33). The molecule has 4 aromatic carbocycles. The number of rotatable bonds is 7. The van der Waals surface area contributed by atoms with Crippen molar-refractivity contribution in [2.24, 2.45) is 5.73 Å². The first-order chi connectivity index (χ1) is 17.4. The highest BCUT2D eigenvalue weighted by Gasteiger charge is 2.24. The summed E-state index contributed by atoms with van der Waals surface area (Å²) in [6, 6.07) is 29.4. The Hall–Kier alpha value is -4.23. The second kappa shape index (κ2) is 9.43. The fourth-order valence-electron chi connectivity index (χ4n) is 4.39. The molecular formula is C29H25N3O3S. The number of nitrogens with two attached hydrogens (primary N) is 1. The molecule has 36 heavy (non-hydrogen) atoms. The Balaban J connectivity index is 1.62. The van der Waals surface area contributed by atoms with E-state index in [1.165, 1.54) is 18.2 Å². The average molecular weight is 496 g/mol. The first-order valence-corrected chi connectivity index (χ1v) is 13.1. The Labute approximate surface area is 210 Å². The molecule has 0 spiro atoms. The molecule has 0 aliphatic rings. The molecule has 0 fully saturated rings. The van der Waals surface area contributed by atoms with Gasteiger partial charge >= 0.3 is 0 Å². The van der Waals surface area contributed by atoms with Gasteiger partial charge in [0.05, 0.1) is 20.9 Å². The molecule has 0 bridgehead atoms. The molecule has 0 radical (unpaired) electrons. The van der Waals surface area contributed by atoms with Crippen molar-refractivity contribution < 1.29 is 13.2 Å². The van der Waals surface area contributed by atoms with Crippen LogP contribution in [-0.4, -0.2) is 23.9 Å². The van der Waals surface area contributed by atoms with Gasteiger partial charge in [0.1, 0.15) is 11.3 Å². The lowest BCUT2D eigenvalue weighted by Gasteiger charge is -2.11. The van der Waals surface area contributed by atoms with Crippen molar-refractivity contribution in [3.8, 4) is 11.1 Å². The Morgan fingerprint density at radius 1 is 0.833 bits per heavy atom. The Morgan fingerprint density at radius 3 is 2.06 bits per heavy atom. The van der Waals surface area contributed by atoms with Crippen LogP contribution >= 0.6 is 0 Å². The third-order valence-corrected chi connectivity index (χ3v) is 8.00. The van der Waals surface area contributed by atoms with E-state index in [9.17, 15) is 13.2 Å². The second-order valence-corrected chi connectivity index (χ2v) is 10.5. The highest BCUT2D eigenvalue weighted by molar-refractivity contribution is 7.91. The van der Waals surface area contributed by atoms with Crippen molar-refractivity contribution in [2.45, 2.75) is 29.7 Å². The van der Waals surface area contributed by atoms with Crippen LogP contribution in [0, 0.1) is 0 Å². The summed E-state index contributed by atoms with van der Waals surface area (Å²) in [6.07, 6.45) is 0.607. The molecule has 1 amide bonds. The molecule has 1 aromatic heterocycles. The molecule has 0 saturated heterocycles. The van der Waals surface area contributed by atoms with Gasteiger partial charge in [0.15, 0.2) is 0 Å². The van der Waals surface area contributed by atoms with E-state index in [0.717, 1.165) is 22.5 Å². The summed E-state index contributed by atoms with van der Waals surface area (Å²) in [5.41, 5.74) is 10.0. The first-order valence-electron chi connectivity index (χ1n) is 11.7. The number of nitrogens with zero attached hydrogens (tertiary/aromatic N) is 2. The molecule has 0 aliphatic carbocycles. The van der Waals surface area contributed by atoms with Gasteiger partial charge in [-0.25, -0.2) is 13.4 Å². The molecular weight excluding hydrogens is 470 g/mol. The predicted octanol–water partition coefficient (Wildman–Crippen LogP) is 5.25. The normalized spacial score (nSPS) is 11.6. The van der Waals surface area contributed by atoms with Crippen LogP contribution in [0.2, 0.25) is 0 Å². The van der Waals surface area contributed by atoms with Gasteiger partial charge in [-0.2, -0.15) is 0 Å². The van der Waals surface area contributed by atoms with Crippen LogP contribution in [0.1, 0.15) is 28.7 Å². The summed E-state index contributed by atoms with van der Waals surface area (Å²) in [5.74, 6) is 0.0264. The first kappa shape index (κ1) is 23.5. The van der Waals surface area contributed by atoms with Crippen LogP contribution in [0.15, 0.2) is 107 Å². The summed E-state index contributed by atoms with van der Waals surface area (Å²) < 4.78 is 28.7. The summed E-state index contributed by atoms with van der Waals surface area (Å²) in [5, 5.41) is 0. The van der Waals surface area contributed by atoms with E-state index < -0.39 is 15.7 Å². The Kier molecular flexibility index (Phi) is 6.16. The summed E-state index contributed by atoms with van der Waals surface area (Å²) in [6.45, 7) is 2.45. The second-order valence-electron chi connectivity index (χ2n) is 8.55. The van der Waals surface area contributed by atoms with Gasteiger partial charge in [-0.15, -0.1) is 0 Å². The topological polar surface area (TPSA) is 95.1 Å². The number of imidazole rings is 1. The summed E-state index contributed by atoms with van der Waals surface area (Å²) in [4.78, 5) is 17.2. The zero-order valence-electron chi connectivity index (χ0n) is 19.8. The summed E-state index contributed by atoms with van der Waals surface area (Å²) >= 11 is 0. The zero-order valence-corrected chi connectivity index (χ0v) is 20.6. The van der Waals surface area contributed by atoms with Crippen molar-refractivity contribution >= 4 is 26.8 Å². The largest absolute Gasteiger partial charge is 0.366 e. The number of aromatic nitrogens is 2. The number of carbonyl (C=O) groups is 1. The highest BCUT2D eigenvalue weighted by atomic mass is 32.2. The highest BCUT2D eigenvalue weighted by Crippen LogP contribution is 2.29. The van der Waals surface area contributed by atoms with Crippen LogP contribution in [0.3, 0.4) is 0 Å². The quantitative estimate of drug-likeness (QED) is 0.334. The SMILES string of the molecule is CCc1nc2c(C(N)=O)cc(S(=O)(=O)c3ccccc3)cc2n1Cc1ccc(-c2ccccc2)cc1. The minimum atomic E-state index is -3.86. The molecule has 5 rings (SSSR count). The van der Waals surface area contributed by atoms with E-state index in [1.54, 1.807) is 24.3 Å². The van der Waals surface area contributed by atoms with Gasteiger partial charge in [-0.3, -0.25) is 4.79 Å². The molecule has 0 unspecified atom stereocenters. The monoisotopic (exact) mass is 495 g/mol. The minimum Gasteiger partial charge on any atom is -0.366 e. The maximum Gasteiger partial charge on any atom is 0.251 e. The lowest BCUT2D eigenvalue weighted by molar-refractivity contribution is 0.100. The van der Waals surface area contributed by atoms with E-state index in [4.69, 9.17) is 5.73 Å². The van der Waals surface area contributed by atoms with E-state index in [2.05, 4.69) is 29.2 Å². The van der Waals surface area contributed by atoms with E-state index in [1.807, 2.05) is 41.8 Å². The third-order valence-electron chi connectivity index (χ3n) is 6.25. The maximum absolute atomic E-state index is 13.4.